The number of halogens is 1. The SMILES string of the molecule is CC#CCN(CC)c1ccc(C=O)c(F)c1.COC(C)(C)C. The minimum absolute atomic E-state index is 0.0417. The van der Waals surface area contributed by atoms with E-state index >= 15 is 0 Å². The Bertz CT molecular complexity index is 524. The van der Waals surface area contributed by atoms with E-state index in [-0.39, 0.29) is 11.2 Å². The van der Waals surface area contributed by atoms with E-state index in [9.17, 15) is 9.18 Å². The topological polar surface area (TPSA) is 29.5 Å². The van der Waals surface area contributed by atoms with Gasteiger partial charge in [0.1, 0.15) is 5.82 Å². The summed E-state index contributed by atoms with van der Waals surface area (Å²) < 4.78 is 18.3. The third kappa shape index (κ3) is 7.80. The fourth-order valence-corrected chi connectivity index (χ4v) is 1.37. The lowest BCUT2D eigenvalue weighted by molar-refractivity contribution is 0.0397. The summed E-state index contributed by atoms with van der Waals surface area (Å²) in [6.07, 6.45) is 0.515. The minimum atomic E-state index is -0.490. The van der Waals surface area contributed by atoms with Crippen molar-refractivity contribution >= 4 is 12.0 Å². The van der Waals surface area contributed by atoms with Gasteiger partial charge in [0, 0.05) is 19.3 Å². The lowest BCUT2D eigenvalue weighted by Gasteiger charge is -2.20. The van der Waals surface area contributed by atoms with E-state index in [0.717, 1.165) is 12.2 Å². The summed E-state index contributed by atoms with van der Waals surface area (Å²) in [5.74, 6) is 5.24. The van der Waals surface area contributed by atoms with Crippen LogP contribution < -0.4 is 4.90 Å². The Balaban J connectivity index is 0.000000626. The summed E-state index contributed by atoms with van der Waals surface area (Å²) in [7, 11) is 1.71. The van der Waals surface area contributed by atoms with Crippen molar-refractivity contribution in [2.45, 2.75) is 40.2 Å². The smallest absolute Gasteiger partial charge is 0.152 e. The first kappa shape index (κ1) is 20.1. The molecule has 0 bridgehead atoms. The van der Waals surface area contributed by atoms with Crippen molar-refractivity contribution in [3.05, 3.63) is 29.6 Å². The number of benzene rings is 1. The first-order valence-electron chi connectivity index (χ1n) is 7.23. The zero-order valence-electron chi connectivity index (χ0n) is 14.4. The van der Waals surface area contributed by atoms with Crippen molar-refractivity contribution in [1.29, 1.82) is 0 Å². The number of hydrogen-bond acceptors (Lipinski definition) is 3. The zero-order valence-corrected chi connectivity index (χ0v) is 14.4. The van der Waals surface area contributed by atoms with Gasteiger partial charge in [-0.25, -0.2) is 4.39 Å². The molecule has 0 aliphatic carbocycles. The highest BCUT2D eigenvalue weighted by Crippen LogP contribution is 2.17. The molecule has 0 aromatic heterocycles. The molecule has 3 nitrogen and oxygen atoms in total. The first-order chi connectivity index (χ1) is 10.3. The molecule has 1 rings (SSSR count). The molecule has 0 spiro atoms. The van der Waals surface area contributed by atoms with Crippen LogP contribution in [-0.2, 0) is 4.74 Å². The normalized spacial score (nSPS) is 9.95. The van der Waals surface area contributed by atoms with Gasteiger partial charge in [0.15, 0.2) is 6.29 Å². The van der Waals surface area contributed by atoms with Crippen LogP contribution in [0.15, 0.2) is 18.2 Å². The van der Waals surface area contributed by atoms with Crippen molar-refractivity contribution in [3.8, 4) is 11.8 Å². The molecule has 0 heterocycles. The number of hydrogen-bond donors (Lipinski definition) is 0. The lowest BCUT2D eigenvalue weighted by atomic mass is 10.2. The predicted octanol–water partition coefficient (Wildman–Crippen LogP) is 3.92. The van der Waals surface area contributed by atoms with Gasteiger partial charge in [-0.3, -0.25) is 4.79 Å². The molecule has 0 atom stereocenters. The second-order valence-corrected chi connectivity index (χ2v) is 5.58. The number of carbonyl (C=O) groups is 1. The molecular formula is C18H26FNO2. The van der Waals surface area contributed by atoms with Gasteiger partial charge in [-0.05, 0) is 52.8 Å². The molecule has 0 amide bonds. The van der Waals surface area contributed by atoms with Gasteiger partial charge in [0.05, 0.1) is 17.7 Å². The quantitative estimate of drug-likeness (QED) is 0.624. The number of aldehydes is 1. The molecule has 0 saturated heterocycles. The second-order valence-electron chi connectivity index (χ2n) is 5.58. The average Bonchev–Trinajstić information content (AvgIpc) is 2.48. The van der Waals surface area contributed by atoms with Crippen LogP contribution in [0.5, 0.6) is 0 Å². The summed E-state index contributed by atoms with van der Waals surface area (Å²) in [5.41, 5.74) is 0.870. The van der Waals surface area contributed by atoms with Crippen LogP contribution in [0.25, 0.3) is 0 Å². The number of methoxy groups -OCH3 is 1. The Morgan fingerprint density at radius 1 is 1.36 bits per heavy atom. The summed E-state index contributed by atoms with van der Waals surface area (Å²) in [6.45, 7) is 11.1. The Labute approximate surface area is 133 Å². The van der Waals surface area contributed by atoms with Gasteiger partial charge in [0.25, 0.3) is 0 Å². The molecule has 0 saturated carbocycles. The molecule has 4 heteroatoms. The largest absolute Gasteiger partial charge is 0.379 e. The molecule has 0 N–H and O–H groups in total. The summed E-state index contributed by atoms with van der Waals surface area (Å²) in [5, 5.41) is 0. The number of carbonyl (C=O) groups excluding carboxylic acids is 1. The fourth-order valence-electron chi connectivity index (χ4n) is 1.37. The molecule has 0 unspecified atom stereocenters. The molecule has 1 aromatic carbocycles. The molecule has 0 radical (unpaired) electrons. The maximum atomic E-state index is 13.4. The number of ether oxygens (including phenoxy) is 1. The van der Waals surface area contributed by atoms with Crippen LogP contribution in [0.2, 0.25) is 0 Å². The van der Waals surface area contributed by atoms with E-state index in [1.54, 1.807) is 20.1 Å². The van der Waals surface area contributed by atoms with Gasteiger partial charge in [0.2, 0.25) is 0 Å². The minimum Gasteiger partial charge on any atom is -0.379 e. The molecule has 0 aliphatic heterocycles. The highest BCUT2D eigenvalue weighted by atomic mass is 19.1. The van der Waals surface area contributed by atoms with E-state index in [4.69, 9.17) is 4.74 Å². The summed E-state index contributed by atoms with van der Waals surface area (Å²) >= 11 is 0. The maximum Gasteiger partial charge on any atom is 0.152 e. The van der Waals surface area contributed by atoms with Crippen molar-refractivity contribution in [2.75, 3.05) is 25.1 Å². The van der Waals surface area contributed by atoms with E-state index < -0.39 is 5.82 Å². The molecule has 0 aliphatic rings. The van der Waals surface area contributed by atoms with Crippen LogP contribution in [0.4, 0.5) is 10.1 Å². The summed E-state index contributed by atoms with van der Waals surface area (Å²) in [6, 6.07) is 4.58. The molecule has 1 aromatic rings. The molecular weight excluding hydrogens is 281 g/mol. The fraction of sp³-hybridized carbons (Fsp3) is 0.500. The Morgan fingerprint density at radius 2 is 1.95 bits per heavy atom. The highest BCUT2D eigenvalue weighted by Gasteiger charge is 2.07. The van der Waals surface area contributed by atoms with Crippen molar-refractivity contribution in [1.82, 2.24) is 0 Å². The van der Waals surface area contributed by atoms with E-state index in [1.807, 2.05) is 32.6 Å². The maximum absolute atomic E-state index is 13.4. The number of nitrogens with zero attached hydrogens (tertiary/aromatic N) is 1. The Morgan fingerprint density at radius 3 is 2.32 bits per heavy atom. The van der Waals surface area contributed by atoms with Gasteiger partial charge in [-0.15, -0.1) is 5.92 Å². The van der Waals surface area contributed by atoms with Gasteiger partial charge < -0.3 is 9.64 Å². The van der Waals surface area contributed by atoms with E-state index in [2.05, 4.69) is 11.8 Å². The van der Waals surface area contributed by atoms with Crippen molar-refractivity contribution in [3.63, 3.8) is 0 Å². The molecule has 0 fully saturated rings. The van der Waals surface area contributed by atoms with E-state index in [0.29, 0.717) is 12.8 Å². The van der Waals surface area contributed by atoms with Gasteiger partial charge >= 0.3 is 0 Å². The number of anilines is 1. The monoisotopic (exact) mass is 307 g/mol. The van der Waals surface area contributed by atoms with E-state index in [1.165, 1.54) is 12.1 Å². The predicted molar refractivity (Wildman–Crippen MR) is 89.9 cm³/mol. The standard InChI is InChI=1S/C13H14FNO.C5H12O/c1-3-5-8-15(4-2)12-7-6-11(10-16)13(14)9-12;1-5(2,3)6-4/h6-7,9-10H,4,8H2,1-2H3;1-4H3. The lowest BCUT2D eigenvalue weighted by Crippen LogP contribution is -2.23. The number of rotatable bonds is 4. The third-order valence-electron chi connectivity index (χ3n) is 2.92. The van der Waals surface area contributed by atoms with Crippen LogP contribution in [0, 0.1) is 17.7 Å². The summed E-state index contributed by atoms with van der Waals surface area (Å²) in [4.78, 5) is 12.4. The van der Waals surface area contributed by atoms with Gasteiger partial charge in [-0.1, -0.05) is 5.92 Å². The second kappa shape index (κ2) is 9.97. The van der Waals surface area contributed by atoms with Crippen molar-refractivity contribution < 1.29 is 13.9 Å². The molecule has 122 valence electrons. The van der Waals surface area contributed by atoms with Crippen LogP contribution >= 0.6 is 0 Å². The van der Waals surface area contributed by atoms with Crippen LogP contribution in [0.1, 0.15) is 45.0 Å². The van der Waals surface area contributed by atoms with Crippen LogP contribution in [0.3, 0.4) is 0 Å². The van der Waals surface area contributed by atoms with Gasteiger partial charge in [-0.2, -0.15) is 0 Å². The zero-order chi connectivity index (χ0) is 17.2. The molecule has 22 heavy (non-hydrogen) atoms. The highest BCUT2D eigenvalue weighted by molar-refractivity contribution is 5.76. The Hall–Kier alpha value is -1.86. The van der Waals surface area contributed by atoms with Crippen LogP contribution in [-0.4, -0.2) is 32.1 Å². The first-order valence-corrected chi connectivity index (χ1v) is 7.23. The average molecular weight is 307 g/mol. The third-order valence-corrected chi connectivity index (χ3v) is 2.92. The Kier molecular flexibility index (Phi) is 9.12. The van der Waals surface area contributed by atoms with Crippen molar-refractivity contribution in [2.24, 2.45) is 0 Å².